The van der Waals surface area contributed by atoms with Crippen molar-refractivity contribution in [2.75, 3.05) is 4.90 Å². The van der Waals surface area contributed by atoms with Crippen LogP contribution in [-0.2, 0) is 10.8 Å². The maximum Gasteiger partial charge on any atom is 0.137 e. The highest BCUT2D eigenvalue weighted by Gasteiger charge is 2.43. The van der Waals surface area contributed by atoms with Crippen LogP contribution in [0.1, 0.15) is 69.6 Å². The Morgan fingerprint density at radius 1 is 0.450 bits per heavy atom. The van der Waals surface area contributed by atoms with Crippen molar-refractivity contribution >= 4 is 39.0 Å². The minimum Gasteiger partial charge on any atom is -0.456 e. The van der Waals surface area contributed by atoms with Crippen LogP contribution in [0.5, 0.6) is 0 Å². The number of hydrogen-bond donors (Lipinski definition) is 0. The van der Waals surface area contributed by atoms with Crippen molar-refractivity contribution in [3.63, 3.8) is 0 Å². The Kier molecular flexibility index (Phi) is 8.67. The standard InChI is InChI=1S/C58H49NO/c1-57(2,3)51-37-41(39-18-7-4-8-19-39)29-33-52(51)59(43-30-31-47-46-23-12-14-27-54(46)60-55(47)38-43)53-26-17-24-44(40-20-9-5-10-21-40)56(53)42-28-32-50-48(36-42)45-22-11-13-25-49(45)58(50)34-15-6-16-35-58/h4-5,7-14,17-33,36-38H,6,15-16,34-35H2,1-3H3. The molecule has 0 aliphatic heterocycles. The predicted octanol–water partition coefficient (Wildman–Crippen LogP) is 16.6. The van der Waals surface area contributed by atoms with Gasteiger partial charge in [-0.05, 0) is 116 Å². The fraction of sp³-hybridized carbons (Fsp3) is 0.172. The quantitative estimate of drug-likeness (QED) is 0.167. The molecule has 1 spiro atoms. The van der Waals surface area contributed by atoms with Gasteiger partial charge in [0.15, 0.2) is 0 Å². The Balaban J connectivity index is 1.20. The highest BCUT2D eigenvalue weighted by Crippen LogP contribution is 2.57. The van der Waals surface area contributed by atoms with Gasteiger partial charge in [-0.2, -0.15) is 0 Å². The Morgan fingerprint density at radius 3 is 1.92 bits per heavy atom. The van der Waals surface area contributed by atoms with Gasteiger partial charge in [0.2, 0.25) is 0 Å². The largest absolute Gasteiger partial charge is 0.456 e. The molecule has 0 radical (unpaired) electrons. The summed E-state index contributed by atoms with van der Waals surface area (Å²) in [6.07, 6.45) is 6.31. The summed E-state index contributed by atoms with van der Waals surface area (Å²) in [7, 11) is 0. The van der Waals surface area contributed by atoms with Gasteiger partial charge >= 0.3 is 0 Å². The second-order valence-electron chi connectivity index (χ2n) is 18.0. The molecule has 2 aliphatic carbocycles. The Hall–Kier alpha value is -6.64. The molecule has 0 unspecified atom stereocenters. The van der Waals surface area contributed by atoms with Crippen LogP contribution in [-0.4, -0.2) is 0 Å². The molecule has 0 atom stereocenters. The smallest absolute Gasteiger partial charge is 0.137 e. The molecule has 1 aromatic heterocycles. The van der Waals surface area contributed by atoms with E-state index in [9.17, 15) is 0 Å². The normalized spacial score (nSPS) is 14.4. The van der Waals surface area contributed by atoms with Crippen LogP contribution in [0.15, 0.2) is 186 Å². The first-order chi connectivity index (χ1) is 29.4. The second kappa shape index (κ2) is 14.3. The Labute approximate surface area is 353 Å². The van der Waals surface area contributed by atoms with Gasteiger partial charge in [0.05, 0.1) is 5.69 Å². The average molecular weight is 776 g/mol. The average Bonchev–Trinajstić information content (AvgIpc) is 3.79. The second-order valence-corrected chi connectivity index (χ2v) is 18.0. The Morgan fingerprint density at radius 2 is 1.12 bits per heavy atom. The molecule has 2 nitrogen and oxygen atoms in total. The van der Waals surface area contributed by atoms with E-state index in [1.807, 2.05) is 6.07 Å². The summed E-state index contributed by atoms with van der Waals surface area (Å²) in [5.41, 5.74) is 19.4. The monoisotopic (exact) mass is 775 g/mol. The van der Waals surface area contributed by atoms with Crippen LogP contribution in [0.25, 0.3) is 66.4 Å². The maximum absolute atomic E-state index is 6.61. The molecule has 292 valence electrons. The summed E-state index contributed by atoms with van der Waals surface area (Å²) in [4.78, 5) is 2.51. The summed E-state index contributed by atoms with van der Waals surface area (Å²) >= 11 is 0. The topological polar surface area (TPSA) is 16.4 Å². The van der Waals surface area contributed by atoms with Crippen molar-refractivity contribution in [1.82, 2.24) is 0 Å². The number of benzene rings is 8. The van der Waals surface area contributed by atoms with E-state index in [4.69, 9.17) is 4.42 Å². The molecular weight excluding hydrogens is 727 g/mol. The highest BCUT2D eigenvalue weighted by molar-refractivity contribution is 6.07. The molecule has 0 bridgehead atoms. The molecule has 9 aromatic rings. The maximum atomic E-state index is 6.61. The van der Waals surface area contributed by atoms with Crippen LogP contribution in [0.3, 0.4) is 0 Å². The van der Waals surface area contributed by atoms with Gasteiger partial charge in [-0.1, -0.05) is 173 Å². The van der Waals surface area contributed by atoms with Gasteiger partial charge in [-0.3, -0.25) is 0 Å². The molecule has 2 aliphatic rings. The highest BCUT2D eigenvalue weighted by atomic mass is 16.3. The van der Waals surface area contributed by atoms with Gasteiger partial charge < -0.3 is 9.32 Å². The van der Waals surface area contributed by atoms with Crippen molar-refractivity contribution in [2.45, 2.75) is 63.7 Å². The number of hydrogen-bond acceptors (Lipinski definition) is 2. The van der Waals surface area contributed by atoms with Gasteiger partial charge in [-0.15, -0.1) is 0 Å². The van der Waals surface area contributed by atoms with Crippen LogP contribution < -0.4 is 4.90 Å². The van der Waals surface area contributed by atoms with Crippen molar-refractivity contribution in [1.29, 1.82) is 0 Å². The number of para-hydroxylation sites is 1. The van der Waals surface area contributed by atoms with Crippen molar-refractivity contribution < 1.29 is 4.42 Å². The van der Waals surface area contributed by atoms with E-state index in [1.165, 1.54) is 93.3 Å². The minimum absolute atomic E-state index is 0.0978. The summed E-state index contributed by atoms with van der Waals surface area (Å²) in [5.74, 6) is 0. The number of anilines is 3. The molecule has 0 amide bonds. The first-order valence-corrected chi connectivity index (χ1v) is 21.7. The molecule has 1 fully saturated rings. The molecule has 11 rings (SSSR count). The summed E-state index contributed by atoms with van der Waals surface area (Å²) in [6, 6.07) is 67.4. The summed E-state index contributed by atoms with van der Waals surface area (Å²) in [5, 5.41) is 2.26. The van der Waals surface area contributed by atoms with E-state index in [2.05, 4.69) is 202 Å². The molecule has 1 heterocycles. The number of fused-ring (bicyclic) bond motifs is 8. The van der Waals surface area contributed by atoms with E-state index in [0.717, 1.165) is 39.0 Å². The zero-order valence-electron chi connectivity index (χ0n) is 34.7. The lowest BCUT2D eigenvalue weighted by Gasteiger charge is -2.36. The molecule has 1 saturated carbocycles. The minimum atomic E-state index is -0.176. The van der Waals surface area contributed by atoms with Crippen LogP contribution >= 0.6 is 0 Å². The van der Waals surface area contributed by atoms with Crippen LogP contribution in [0.2, 0.25) is 0 Å². The lowest BCUT2D eigenvalue weighted by Crippen LogP contribution is -2.27. The summed E-state index contributed by atoms with van der Waals surface area (Å²) < 4.78 is 6.61. The van der Waals surface area contributed by atoms with Crippen molar-refractivity contribution in [3.05, 3.63) is 199 Å². The van der Waals surface area contributed by atoms with Crippen molar-refractivity contribution in [3.8, 4) is 44.5 Å². The molecule has 60 heavy (non-hydrogen) atoms. The first kappa shape index (κ1) is 36.4. The van der Waals surface area contributed by atoms with Crippen molar-refractivity contribution in [2.24, 2.45) is 0 Å². The lowest BCUT2D eigenvalue weighted by atomic mass is 9.68. The molecule has 2 heteroatoms. The third-order valence-electron chi connectivity index (χ3n) is 13.4. The summed E-state index contributed by atoms with van der Waals surface area (Å²) in [6.45, 7) is 7.00. The van der Waals surface area contributed by atoms with E-state index in [0.29, 0.717) is 0 Å². The third kappa shape index (κ3) is 5.92. The fourth-order valence-electron chi connectivity index (χ4n) is 10.6. The van der Waals surface area contributed by atoms with E-state index in [-0.39, 0.29) is 10.8 Å². The SMILES string of the molecule is CC(C)(C)c1cc(-c2ccccc2)ccc1N(c1ccc2c(c1)oc1ccccc12)c1cccc(-c2ccccc2)c1-c1ccc2c(c1)-c1ccccc1C21CCCCC1. The zero-order chi connectivity index (χ0) is 40.4. The number of nitrogens with zero attached hydrogens (tertiary/aromatic N) is 1. The molecule has 8 aromatic carbocycles. The van der Waals surface area contributed by atoms with Gasteiger partial charge in [-0.25, -0.2) is 0 Å². The van der Waals surface area contributed by atoms with E-state index >= 15 is 0 Å². The van der Waals surface area contributed by atoms with E-state index < -0.39 is 0 Å². The van der Waals surface area contributed by atoms with Gasteiger partial charge in [0.25, 0.3) is 0 Å². The zero-order valence-corrected chi connectivity index (χ0v) is 34.7. The van der Waals surface area contributed by atoms with Crippen LogP contribution in [0.4, 0.5) is 17.1 Å². The molecule has 0 N–H and O–H groups in total. The number of rotatable bonds is 6. The van der Waals surface area contributed by atoms with Gasteiger partial charge in [0.1, 0.15) is 11.2 Å². The number of furan rings is 1. The fourth-order valence-corrected chi connectivity index (χ4v) is 10.6. The van der Waals surface area contributed by atoms with Gasteiger partial charge in [0, 0.05) is 39.2 Å². The lowest BCUT2D eigenvalue weighted by molar-refractivity contribution is 0.353. The Bertz CT molecular complexity index is 3050. The molecule has 0 saturated heterocycles. The predicted molar refractivity (Wildman–Crippen MR) is 253 cm³/mol. The first-order valence-electron chi connectivity index (χ1n) is 21.7. The van der Waals surface area contributed by atoms with E-state index in [1.54, 1.807) is 0 Å². The van der Waals surface area contributed by atoms with Crippen LogP contribution in [0, 0.1) is 0 Å². The molecular formula is C58H49NO. The third-order valence-corrected chi connectivity index (χ3v) is 13.4.